The van der Waals surface area contributed by atoms with E-state index < -0.39 is 0 Å². The van der Waals surface area contributed by atoms with Crippen molar-refractivity contribution in [1.82, 2.24) is 24.9 Å². The SMILES string of the molecule is CCCCn1cc(CN2CCC[C@@H](c3ccn[nH]3)C2)c(C)n1. The molecule has 22 heavy (non-hydrogen) atoms. The Hall–Kier alpha value is -1.62. The highest BCUT2D eigenvalue weighted by atomic mass is 15.3. The van der Waals surface area contributed by atoms with E-state index >= 15 is 0 Å². The molecule has 1 atom stereocenters. The van der Waals surface area contributed by atoms with Gasteiger partial charge in [-0.15, -0.1) is 0 Å². The van der Waals surface area contributed by atoms with Crippen molar-refractivity contribution in [2.75, 3.05) is 13.1 Å². The summed E-state index contributed by atoms with van der Waals surface area (Å²) in [5.41, 5.74) is 3.83. The molecule has 1 N–H and O–H groups in total. The molecule has 0 saturated carbocycles. The Balaban J connectivity index is 1.61. The highest BCUT2D eigenvalue weighted by molar-refractivity contribution is 5.16. The maximum atomic E-state index is 4.66. The molecule has 0 bridgehead atoms. The third-order valence-corrected chi connectivity index (χ3v) is 4.65. The molecule has 0 aliphatic carbocycles. The number of unbranched alkanes of at least 4 members (excludes halogenated alkanes) is 1. The first kappa shape index (κ1) is 15.3. The number of H-pyrrole nitrogens is 1. The van der Waals surface area contributed by atoms with Gasteiger partial charge in [0.05, 0.1) is 5.69 Å². The van der Waals surface area contributed by atoms with Crippen LogP contribution in [0.3, 0.4) is 0 Å². The van der Waals surface area contributed by atoms with Crippen LogP contribution in [0, 0.1) is 6.92 Å². The molecule has 2 aromatic heterocycles. The number of rotatable bonds is 6. The van der Waals surface area contributed by atoms with Crippen molar-refractivity contribution in [1.29, 1.82) is 0 Å². The number of likely N-dealkylation sites (tertiary alicyclic amines) is 1. The molecule has 0 amide bonds. The van der Waals surface area contributed by atoms with Crippen LogP contribution in [-0.2, 0) is 13.1 Å². The van der Waals surface area contributed by atoms with E-state index in [9.17, 15) is 0 Å². The summed E-state index contributed by atoms with van der Waals surface area (Å²) in [7, 11) is 0. The van der Waals surface area contributed by atoms with Crippen molar-refractivity contribution in [3.05, 3.63) is 35.4 Å². The predicted molar refractivity (Wildman–Crippen MR) is 87.7 cm³/mol. The molecule has 120 valence electrons. The summed E-state index contributed by atoms with van der Waals surface area (Å²) >= 11 is 0. The zero-order chi connectivity index (χ0) is 15.4. The summed E-state index contributed by atoms with van der Waals surface area (Å²) in [4.78, 5) is 2.56. The van der Waals surface area contributed by atoms with E-state index in [4.69, 9.17) is 0 Å². The van der Waals surface area contributed by atoms with Crippen LogP contribution in [0.1, 0.15) is 55.5 Å². The van der Waals surface area contributed by atoms with E-state index in [1.165, 1.54) is 49.2 Å². The third kappa shape index (κ3) is 3.58. The first-order valence-electron chi connectivity index (χ1n) is 8.51. The van der Waals surface area contributed by atoms with Crippen molar-refractivity contribution in [3.63, 3.8) is 0 Å². The van der Waals surface area contributed by atoms with Crippen LogP contribution in [0.5, 0.6) is 0 Å². The number of nitrogens with one attached hydrogen (secondary N) is 1. The first-order chi connectivity index (χ1) is 10.8. The number of aromatic amines is 1. The van der Waals surface area contributed by atoms with Gasteiger partial charge < -0.3 is 0 Å². The number of hydrogen-bond acceptors (Lipinski definition) is 3. The Morgan fingerprint density at radius 2 is 2.32 bits per heavy atom. The maximum Gasteiger partial charge on any atom is 0.0638 e. The van der Waals surface area contributed by atoms with Crippen LogP contribution in [0.4, 0.5) is 0 Å². The van der Waals surface area contributed by atoms with Gasteiger partial charge >= 0.3 is 0 Å². The summed E-state index contributed by atoms with van der Waals surface area (Å²) in [5, 5.41) is 11.9. The zero-order valence-corrected chi connectivity index (χ0v) is 13.8. The average molecular weight is 301 g/mol. The molecule has 3 rings (SSSR count). The summed E-state index contributed by atoms with van der Waals surface area (Å²) in [5.74, 6) is 0.590. The number of hydrogen-bond donors (Lipinski definition) is 1. The highest BCUT2D eigenvalue weighted by Gasteiger charge is 2.23. The molecule has 0 radical (unpaired) electrons. The minimum Gasteiger partial charge on any atom is -0.298 e. The molecule has 1 fully saturated rings. The Labute approximate surface area is 132 Å². The van der Waals surface area contributed by atoms with Gasteiger partial charge in [0.1, 0.15) is 0 Å². The minimum atomic E-state index is 0.590. The Morgan fingerprint density at radius 3 is 3.09 bits per heavy atom. The smallest absolute Gasteiger partial charge is 0.0638 e. The fraction of sp³-hybridized carbons (Fsp3) is 0.647. The summed E-state index contributed by atoms with van der Waals surface area (Å²) in [6.45, 7) is 8.71. The quantitative estimate of drug-likeness (QED) is 0.892. The zero-order valence-electron chi connectivity index (χ0n) is 13.8. The third-order valence-electron chi connectivity index (χ3n) is 4.65. The lowest BCUT2D eigenvalue weighted by Gasteiger charge is -2.32. The fourth-order valence-corrected chi connectivity index (χ4v) is 3.34. The van der Waals surface area contributed by atoms with E-state index in [1.807, 2.05) is 6.20 Å². The van der Waals surface area contributed by atoms with Crippen molar-refractivity contribution >= 4 is 0 Å². The Kier molecular flexibility index (Phi) is 4.93. The summed E-state index contributed by atoms with van der Waals surface area (Å²) in [6, 6.07) is 2.11. The lowest BCUT2D eigenvalue weighted by Crippen LogP contribution is -2.34. The van der Waals surface area contributed by atoms with Gasteiger partial charge in [0.2, 0.25) is 0 Å². The van der Waals surface area contributed by atoms with Gasteiger partial charge in [-0.3, -0.25) is 14.7 Å². The maximum absolute atomic E-state index is 4.66. The number of piperidine rings is 1. The van der Waals surface area contributed by atoms with Gasteiger partial charge in [0, 0.05) is 49.2 Å². The monoisotopic (exact) mass is 301 g/mol. The van der Waals surface area contributed by atoms with Gasteiger partial charge in [0.25, 0.3) is 0 Å². The molecule has 5 nitrogen and oxygen atoms in total. The standard InChI is InChI=1S/C17H27N5/c1-3-4-10-22-13-16(14(2)20-22)12-21-9-5-6-15(11-21)17-7-8-18-19-17/h7-8,13,15H,3-6,9-12H2,1-2H3,(H,18,19)/t15-/m1/s1. The molecule has 1 saturated heterocycles. The average Bonchev–Trinajstić information content (AvgIpc) is 3.16. The lowest BCUT2D eigenvalue weighted by atomic mass is 9.94. The number of nitrogens with zero attached hydrogens (tertiary/aromatic N) is 4. The second-order valence-electron chi connectivity index (χ2n) is 6.44. The van der Waals surface area contributed by atoms with Gasteiger partial charge in [-0.2, -0.15) is 10.2 Å². The highest BCUT2D eigenvalue weighted by Crippen LogP contribution is 2.26. The number of aryl methyl sites for hydroxylation is 2. The molecular weight excluding hydrogens is 274 g/mol. The summed E-state index contributed by atoms with van der Waals surface area (Å²) < 4.78 is 2.12. The van der Waals surface area contributed by atoms with E-state index in [0.717, 1.165) is 19.6 Å². The lowest BCUT2D eigenvalue weighted by molar-refractivity contribution is 0.198. The minimum absolute atomic E-state index is 0.590. The first-order valence-corrected chi connectivity index (χ1v) is 8.51. The molecular formula is C17H27N5. The van der Waals surface area contributed by atoms with E-state index in [2.05, 4.69) is 51.0 Å². The topological polar surface area (TPSA) is 49.7 Å². The number of aromatic nitrogens is 4. The van der Waals surface area contributed by atoms with Crippen molar-refractivity contribution in [2.24, 2.45) is 0 Å². The molecule has 1 aliphatic rings. The van der Waals surface area contributed by atoms with Crippen LogP contribution >= 0.6 is 0 Å². The van der Waals surface area contributed by atoms with Crippen LogP contribution < -0.4 is 0 Å². The van der Waals surface area contributed by atoms with E-state index in [-0.39, 0.29) is 0 Å². The second kappa shape index (κ2) is 7.09. The fourth-order valence-electron chi connectivity index (χ4n) is 3.34. The molecule has 1 aliphatic heterocycles. The van der Waals surface area contributed by atoms with Gasteiger partial charge in [0.15, 0.2) is 0 Å². The Bertz CT molecular complexity index is 572. The van der Waals surface area contributed by atoms with Crippen LogP contribution in [0.15, 0.2) is 18.5 Å². The van der Waals surface area contributed by atoms with Gasteiger partial charge in [-0.1, -0.05) is 13.3 Å². The molecule has 0 spiro atoms. The van der Waals surface area contributed by atoms with Crippen LogP contribution in [0.25, 0.3) is 0 Å². The summed E-state index contributed by atoms with van der Waals surface area (Å²) in [6.07, 6.45) is 9.03. The second-order valence-corrected chi connectivity index (χ2v) is 6.44. The van der Waals surface area contributed by atoms with E-state index in [1.54, 1.807) is 0 Å². The van der Waals surface area contributed by atoms with Crippen molar-refractivity contribution in [3.8, 4) is 0 Å². The molecule has 2 aromatic rings. The Morgan fingerprint density at radius 1 is 1.41 bits per heavy atom. The largest absolute Gasteiger partial charge is 0.298 e. The van der Waals surface area contributed by atoms with Crippen LogP contribution in [-0.4, -0.2) is 38.0 Å². The predicted octanol–water partition coefficient (Wildman–Crippen LogP) is 3.09. The van der Waals surface area contributed by atoms with Gasteiger partial charge in [-0.05, 0) is 38.8 Å². The normalized spacial score (nSPS) is 19.6. The van der Waals surface area contributed by atoms with Crippen molar-refractivity contribution in [2.45, 2.75) is 58.5 Å². The van der Waals surface area contributed by atoms with Gasteiger partial charge in [-0.25, -0.2) is 0 Å². The molecule has 0 unspecified atom stereocenters. The molecule has 5 heteroatoms. The van der Waals surface area contributed by atoms with Crippen molar-refractivity contribution < 1.29 is 0 Å². The van der Waals surface area contributed by atoms with E-state index in [0.29, 0.717) is 5.92 Å². The molecule has 3 heterocycles. The molecule has 0 aromatic carbocycles. The van der Waals surface area contributed by atoms with Crippen LogP contribution in [0.2, 0.25) is 0 Å².